The highest BCUT2D eigenvalue weighted by atomic mass is 19.1. The summed E-state index contributed by atoms with van der Waals surface area (Å²) in [5, 5.41) is 6.75. The van der Waals surface area contributed by atoms with Crippen LogP contribution in [0, 0.1) is 5.82 Å². The van der Waals surface area contributed by atoms with Gasteiger partial charge in [-0.2, -0.15) is 0 Å². The van der Waals surface area contributed by atoms with E-state index in [0.717, 1.165) is 31.6 Å². The first-order valence-corrected chi connectivity index (χ1v) is 5.91. The number of halogens is 1. The van der Waals surface area contributed by atoms with E-state index in [9.17, 15) is 4.39 Å². The summed E-state index contributed by atoms with van der Waals surface area (Å²) in [7, 11) is 0. The van der Waals surface area contributed by atoms with E-state index in [1.165, 1.54) is 12.1 Å². The van der Waals surface area contributed by atoms with Crippen LogP contribution in [0.2, 0.25) is 0 Å². The van der Waals surface area contributed by atoms with Gasteiger partial charge in [0.2, 0.25) is 0 Å². The van der Waals surface area contributed by atoms with Crippen molar-refractivity contribution in [2.45, 2.75) is 32.9 Å². The highest BCUT2D eigenvalue weighted by Gasteiger charge is 2.00. The first-order chi connectivity index (χ1) is 7.72. The van der Waals surface area contributed by atoms with Crippen molar-refractivity contribution >= 4 is 0 Å². The van der Waals surface area contributed by atoms with Crippen LogP contribution in [0.25, 0.3) is 0 Å². The number of benzene rings is 1. The van der Waals surface area contributed by atoms with E-state index >= 15 is 0 Å². The molecule has 1 unspecified atom stereocenters. The standard InChI is InChI=1S/C13H21FN2/c1-3-8-15-9-11(2)16-10-12-4-6-13(14)7-5-12/h4-7,11,15-16H,3,8-10H2,1-2H3. The molecule has 1 rings (SSSR count). The Morgan fingerprint density at radius 3 is 2.56 bits per heavy atom. The predicted octanol–water partition coefficient (Wildman–Crippen LogP) is 2.30. The summed E-state index contributed by atoms with van der Waals surface area (Å²) in [6, 6.07) is 7.05. The van der Waals surface area contributed by atoms with E-state index in [0.29, 0.717) is 6.04 Å². The van der Waals surface area contributed by atoms with Gasteiger partial charge in [0.05, 0.1) is 0 Å². The molecule has 0 aromatic heterocycles. The maximum absolute atomic E-state index is 12.7. The van der Waals surface area contributed by atoms with Crippen molar-refractivity contribution < 1.29 is 4.39 Å². The summed E-state index contributed by atoms with van der Waals surface area (Å²) < 4.78 is 12.7. The molecule has 0 radical (unpaired) electrons. The van der Waals surface area contributed by atoms with Gasteiger partial charge in [0, 0.05) is 19.1 Å². The van der Waals surface area contributed by atoms with Gasteiger partial charge in [-0.25, -0.2) is 4.39 Å². The molecule has 3 heteroatoms. The van der Waals surface area contributed by atoms with Gasteiger partial charge >= 0.3 is 0 Å². The van der Waals surface area contributed by atoms with E-state index in [1.54, 1.807) is 0 Å². The Kier molecular flexibility index (Phi) is 6.04. The van der Waals surface area contributed by atoms with Crippen molar-refractivity contribution in [3.63, 3.8) is 0 Å². The number of hydrogen-bond donors (Lipinski definition) is 2. The highest BCUT2D eigenvalue weighted by molar-refractivity contribution is 5.15. The Morgan fingerprint density at radius 1 is 1.25 bits per heavy atom. The molecule has 0 spiro atoms. The van der Waals surface area contributed by atoms with Crippen LogP contribution in [0.15, 0.2) is 24.3 Å². The van der Waals surface area contributed by atoms with Gasteiger partial charge in [0.15, 0.2) is 0 Å². The molecule has 1 aromatic rings. The van der Waals surface area contributed by atoms with E-state index < -0.39 is 0 Å². The second-order valence-electron chi connectivity index (χ2n) is 4.11. The van der Waals surface area contributed by atoms with Gasteiger partial charge in [0.1, 0.15) is 5.82 Å². The minimum absolute atomic E-state index is 0.179. The molecule has 0 saturated carbocycles. The molecule has 0 bridgehead atoms. The second kappa shape index (κ2) is 7.36. The van der Waals surface area contributed by atoms with Crippen molar-refractivity contribution in [3.8, 4) is 0 Å². The Hall–Kier alpha value is -0.930. The van der Waals surface area contributed by atoms with Crippen molar-refractivity contribution in [2.75, 3.05) is 13.1 Å². The maximum atomic E-state index is 12.7. The highest BCUT2D eigenvalue weighted by Crippen LogP contribution is 2.02. The first-order valence-electron chi connectivity index (χ1n) is 5.91. The molecule has 1 atom stereocenters. The third-order valence-electron chi connectivity index (χ3n) is 2.45. The topological polar surface area (TPSA) is 24.1 Å². The van der Waals surface area contributed by atoms with Gasteiger partial charge in [-0.1, -0.05) is 19.1 Å². The average Bonchev–Trinajstić information content (AvgIpc) is 2.29. The van der Waals surface area contributed by atoms with Crippen molar-refractivity contribution in [2.24, 2.45) is 0 Å². The maximum Gasteiger partial charge on any atom is 0.123 e. The van der Waals surface area contributed by atoms with Gasteiger partial charge < -0.3 is 10.6 Å². The van der Waals surface area contributed by atoms with E-state index in [4.69, 9.17) is 0 Å². The van der Waals surface area contributed by atoms with Crippen LogP contribution in [0.4, 0.5) is 4.39 Å². The summed E-state index contributed by atoms with van der Waals surface area (Å²) in [5.74, 6) is -0.179. The smallest absolute Gasteiger partial charge is 0.123 e. The van der Waals surface area contributed by atoms with Gasteiger partial charge in [-0.15, -0.1) is 0 Å². The zero-order chi connectivity index (χ0) is 11.8. The molecule has 16 heavy (non-hydrogen) atoms. The van der Waals surface area contributed by atoms with Gasteiger partial charge in [0.25, 0.3) is 0 Å². The molecule has 1 aromatic carbocycles. The summed E-state index contributed by atoms with van der Waals surface area (Å²) in [6.07, 6.45) is 1.16. The van der Waals surface area contributed by atoms with Crippen molar-refractivity contribution in [1.29, 1.82) is 0 Å². The number of hydrogen-bond acceptors (Lipinski definition) is 2. The average molecular weight is 224 g/mol. The van der Waals surface area contributed by atoms with Gasteiger partial charge in [-0.3, -0.25) is 0 Å². The largest absolute Gasteiger partial charge is 0.315 e. The molecular weight excluding hydrogens is 203 g/mol. The lowest BCUT2D eigenvalue weighted by atomic mass is 10.2. The normalized spacial score (nSPS) is 12.7. The Bertz CT molecular complexity index is 284. The van der Waals surface area contributed by atoms with E-state index in [1.807, 2.05) is 12.1 Å². The number of rotatable bonds is 7. The van der Waals surface area contributed by atoms with Crippen LogP contribution in [-0.2, 0) is 6.54 Å². The zero-order valence-corrected chi connectivity index (χ0v) is 10.1. The summed E-state index contributed by atoms with van der Waals surface area (Å²) >= 11 is 0. The molecule has 0 saturated heterocycles. The monoisotopic (exact) mass is 224 g/mol. The molecule has 0 aliphatic rings. The minimum Gasteiger partial charge on any atom is -0.315 e. The Labute approximate surface area is 97.3 Å². The molecule has 90 valence electrons. The predicted molar refractivity (Wildman–Crippen MR) is 65.9 cm³/mol. The Balaban J connectivity index is 2.20. The second-order valence-corrected chi connectivity index (χ2v) is 4.11. The van der Waals surface area contributed by atoms with Crippen LogP contribution in [0.3, 0.4) is 0 Å². The molecule has 2 N–H and O–H groups in total. The van der Waals surface area contributed by atoms with Crippen molar-refractivity contribution in [3.05, 3.63) is 35.6 Å². The first kappa shape index (κ1) is 13.1. The molecule has 0 aliphatic carbocycles. The van der Waals surface area contributed by atoms with Crippen LogP contribution in [0.5, 0.6) is 0 Å². The molecule has 2 nitrogen and oxygen atoms in total. The molecule has 0 heterocycles. The Morgan fingerprint density at radius 2 is 1.94 bits per heavy atom. The van der Waals surface area contributed by atoms with E-state index in [2.05, 4.69) is 24.5 Å². The van der Waals surface area contributed by atoms with Crippen molar-refractivity contribution in [1.82, 2.24) is 10.6 Å². The third kappa shape index (κ3) is 5.24. The van der Waals surface area contributed by atoms with Crippen LogP contribution in [-0.4, -0.2) is 19.1 Å². The van der Waals surface area contributed by atoms with Crippen LogP contribution >= 0.6 is 0 Å². The van der Waals surface area contributed by atoms with Crippen LogP contribution in [0.1, 0.15) is 25.8 Å². The summed E-state index contributed by atoms with van der Waals surface area (Å²) in [6.45, 7) is 7.11. The molecule has 0 fully saturated rings. The summed E-state index contributed by atoms with van der Waals surface area (Å²) in [5.41, 5.74) is 1.11. The lowest BCUT2D eigenvalue weighted by molar-refractivity contribution is 0.501. The zero-order valence-electron chi connectivity index (χ0n) is 10.1. The third-order valence-corrected chi connectivity index (χ3v) is 2.45. The lowest BCUT2D eigenvalue weighted by Crippen LogP contribution is -2.36. The fourth-order valence-electron chi connectivity index (χ4n) is 1.46. The quantitative estimate of drug-likeness (QED) is 0.694. The molecule has 0 aliphatic heterocycles. The van der Waals surface area contributed by atoms with Crippen LogP contribution < -0.4 is 10.6 Å². The van der Waals surface area contributed by atoms with Gasteiger partial charge in [-0.05, 0) is 37.6 Å². The minimum atomic E-state index is -0.179. The fraction of sp³-hybridized carbons (Fsp3) is 0.538. The lowest BCUT2D eigenvalue weighted by Gasteiger charge is -2.14. The SMILES string of the molecule is CCCNCC(C)NCc1ccc(F)cc1. The summed E-state index contributed by atoms with van der Waals surface area (Å²) in [4.78, 5) is 0. The number of nitrogens with one attached hydrogen (secondary N) is 2. The fourth-order valence-corrected chi connectivity index (χ4v) is 1.46. The van der Waals surface area contributed by atoms with E-state index in [-0.39, 0.29) is 5.82 Å². The molecular formula is C13H21FN2. The molecule has 0 amide bonds.